The second-order valence-corrected chi connectivity index (χ2v) is 9.16. The van der Waals surface area contributed by atoms with Gasteiger partial charge in [-0.2, -0.15) is 0 Å². The van der Waals surface area contributed by atoms with E-state index in [1.54, 1.807) is 7.11 Å². The molecule has 0 aliphatic heterocycles. The number of methoxy groups -OCH3 is 1. The molecule has 0 N–H and O–H groups in total. The number of ether oxygens (including phenoxy) is 1. The Hall–Kier alpha value is -2.83. The van der Waals surface area contributed by atoms with Crippen molar-refractivity contribution >= 4 is 17.0 Å². The van der Waals surface area contributed by atoms with Gasteiger partial charge in [0.25, 0.3) is 0 Å². The molecule has 1 unspecified atom stereocenters. The van der Waals surface area contributed by atoms with E-state index in [9.17, 15) is 4.55 Å². The van der Waals surface area contributed by atoms with Crippen molar-refractivity contribution in [3.05, 3.63) is 66.5 Å². The largest absolute Gasteiger partial charge is 0.611 e. The van der Waals surface area contributed by atoms with E-state index in [4.69, 9.17) is 9.72 Å². The molecule has 4 rings (SSSR count). The van der Waals surface area contributed by atoms with Crippen LogP contribution in [0, 0.1) is 6.92 Å². The fourth-order valence-electron chi connectivity index (χ4n) is 3.26. The van der Waals surface area contributed by atoms with E-state index in [2.05, 4.69) is 4.98 Å². The van der Waals surface area contributed by atoms with Crippen molar-refractivity contribution in [2.45, 2.75) is 30.9 Å². The van der Waals surface area contributed by atoms with E-state index in [1.165, 1.54) is 0 Å². The summed E-state index contributed by atoms with van der Waals surface area (Å²) >= 11 is -1.01. The number of hydrogen-bond acceptors (Lipinski definition) is 4. The lowest BCUT2D eigenvalue weighted by Crippen LogP contribution is -2.13. The van der Waals surface area contributed by atoms with Gasteiger partial charge in [0, 0.05) is 23.0 Å². The Morgan fingerprint density at radius 2 is 1.59 bits per heavy atom. The Morgan fingerprint density at radius 3 is 2.21 bits per heavy atom. The minimum atomic E-state index is -1.01. The molecular formula is C23H23N3O2S. The Labute approximate surface area is 173 Å². The molecule has 0 radical (unpaired) electrons. The van der Waals surface area contributed by atoms with E-state index in [0.29, 0.717) is 5.78 Å². The smallest absolute Gasteiger partial charge is 0.235 e. The molecule has 4 aromatic rings. The zero-order valence-corrected chi connectivity index (χ0v) is 17.7. The number of rotatable bonds is 5. The summed E-state index contributed by atoms with van der Waals surface area (Å²) in [5.41, 5.74) is 4.71. The van der Waals surface area contributed by atoms with Gasteiger partial charge in [-0.3, -0.25) is 4.40 Å². The molecule has 2 aromatic carbocycles. The average molecular weight is 406 g/mol. The average Bonchev–Trinajstić information content (AvgIpc) is 3.11. The fourth-order valence-corrected chi connectivity index (χ4v) is 4.21. The molecule has 2 aromatic heterocycles. The maximum atomic E-state index is 12.4. The summed E-state index contributed by atoms with van der Waals surface area (Å²) in [6.07, 6.45) is 1.99. The first-order valence-electron chi connectivity index (χ1n) is 9.49. The monoisotopic (exact) mass is 405 g/mol. The van der Waals surface area contributed by atoms with Gasteiger partial charge in [0.1, 0.15) is 11.0 Å². The summed E-state index contributed by atoms with van der Waals surface area (Å²) in [6.45, 7) is 5.88. The molecule has 1 atom stereocenters. The standard InChI is InChI=1S/C23H23N3O2S/c1-15(2)29(27)20-11-7-18(8-12-20)22-21(17-5-9-19(28-4)10-6-17)25-23-24-16(3)13-14-26(22)23/h5-15H,1-4H3. The van der Waals surface area contributed by atoms with Gasteiger partial charge >= 0.3 is 0 Å². The van der Waals surface area contributed by atoms with Crippen LogP contribution in [0.3, 0.4) is 0 Å². The lowest BCUT2D eigenvalue weighted by atomic mass is 10.0. The zero-order valence-electron chi connectivity index (χ0n) is 16.9. The Morgan fingerprint density at radius 1 is 0.931 bits per heavy atom. The first-order valence-corrected chi connectivity index (χ1v) is 10.7. The van der Waals surface area contributed by atoms with Crippen LogP contribution in [0.1, 0.15) is 19.5 Å². The fraction of sp³-hybridized carbons (Fsp3) is 0.217. The van der Waals surface area contributed by atoms with Crippen LogP contribution in [0.4, 0.5) is 0 Å². The van der Waals surface area contributed by atoms with Crippen molar-refractivity contribution in [1.29, 1.82) is 0 Å². The highest BCUT2D eigenvalue weighted by molar-refractivity contribution is 7.92. The van der Waals surface area contributed by atoms with Crippen molar-refractivity contribution in [3.8, 4) is 28.3 Å². The minimum Gasteiger partial charge on any atom is -0.611 e. The third kappa shape index (κ3) is 3.73. The third-order valence-corrected chi connectivity index (χ3v) is 6.38. The lowest BCUT2D eigenvalue weighted by Gasteiger charge is -2.14. The molecule has 29 heavy (non-hydrogen) atoms. The van der Waals surface area contributed by atoms with Gasteiger partial charge in [-0.25, -0.2) is 9.97 Å². The van der Waals surface area contributed by atoms with Gasteiger partial charge in [0.05, 0.1) is 18.5 Å². The second kappa shape index (κ2) is 7.89. The van der Waals surface area contributed by atoms with Crippen molar-refractivity contribution in [2.75, 3.05) is 7.11 Å². The minimum absolute atomic E-state index is 0.0821. The lowest BCUT2D eigenvalue weighted by molar-refractivity contribution is 0.415. The van der Waals surface area contributed by atoms with Gasteiger partial charge in [0.2, 0.25) is 5.78 Å². The number of aromatic nitrogens is 3. The first kappa shape index (κ1) is 19.5. The number of fused-ring (bicyclic) bond motifs is 1. The van der Waals surface area contributed by atoms with Crippen LogP contribution >= 0.6 is 0 Å². The van der Waals surface area contributed by atoms with Crippen LogP contribution < -0.4 is 4.74 Å². The van der Waals surface area contributed by atoms with E-state index < -0.39 is 11.2 Å². The molecule has 2 heterocycles. The molecule has 0 aliphatic rings. The van der Waals surface area contributed by atoms with Crippen LogP contribution in [0.25, 0.3) is 28.3 Å². The van der Waals surface area contributed by atoms with Crippen molar-refractivity contribution in [2.24, 2.45) is 0 Å². The molecule has 6 heteroatoms. The Bertz CT molecular complexity index is 1140. The van der Waals surface area contributed by atoms with Crippen LogP contribution in [0.5, 0.6) is 5.75 Å². The topological polar surface area (TPSA) is 62.5 Å². The van der Waals surface area contributed by atoms with Crippen molar-refractivity contribution in [1.82, 2.24) is 14.4 Å². The van der Waals surface area contributed by atoms with Gasteiger partial charge in [-0.1, -0.05) is 0 Å². The molecule has 0 amide bonds. The van der Waals surface area contributed by atoms with Crippen LogP contribution in [0.15, 0.2) is 65.7 Å². The van der Waals surface area contributed by atoms with Crippen LogP contribution in [0.2, 0.25) is 0 Å². The maximum Gasteiger partial charge on any atom is 0.235 e. The van der Waals surface area contributed by atoms with Gasteiger partial charge in [-0.05, 0) is 86.5 Å². The Kier molecular flexibility index (Phi) is 5.30. The van der Waals surface area contributed by atoms with Crippen molar-refractivity contribution in [3.63, 3.8) is 0 Å². The number of nitrogens with zero attached hydrogens (tertiary/aromatic N) is 3. The molecular weight excluding hydrogens is 382 g/mol. The maximum absolute atomic E-state index is 12.4. The quantitative estimate of drug-likeness (QED) is 0.443. The van der Waals surface area contributed by atoms with E-state index >= 15 is 0 Å². The summed E-state index contributed by atoms with van der Waals surface area (Å²) in [4.78, 5) is 10.2. The zero-order chi connectivity index (χ0) is 20.5. The predicted molar refractivity (Wildman–Crippen MR) is 117 cm³/mol. The summed E-state index contributed by atoms with van der Waals surface area (Å²) < 4.78 is 19.7. The molecule has 0 fully saturated rings. The molecule has 0 saturated carbocycles. The molecule has 0 saturated heterocycles. The molecule has 0 bridgehead atoms. The van der Waals surface area contributed by atoms with Gasteiger partial charge in [0.15, 0.2) is 4.90 Å². The molecule has 148 valence electrons. The van der Waals surface area contributed by atoms with Crippen LogP contribution in [-0.4, -0.2) is 31.3 Å². The van der Waals surface area contributed by atoms with E-state index in [-0.39, 0.29) is 5.25 Å². The number of hydrogen-bond donors (Lipinski definition) is 0. The molecule has 0 spiro atoms. The normalized spacial score (nSPS) is 12.5. The van der Waals surface area contributed by atoms with Crippen LogP contribution in [-0.2, 0) is 11.2 Å². The van der Waals surface area contributed by atoms with E-state index in [1.807, 2.05) is 86.0 Å². The molecule has 0 aliphatic carbocycles. The van der Waals surface area contributed by atoms with Crippen molar-refractivity contribution < 1.29 is 9.29 Å². The van der Waals surface area contributed by atoms with E-state index in [0.717, 1.165) is 38.9 Å². The third-order valence-electron chi connectivity index (χ3n) is 4.79. The highest BCUT2D eigenvalue weighted by Gasteiger charge is 2.19. The number of imidazole rings is 1. The summed E-state index contributed by atoms with van der Waals surface area (Å²) in [6, 6.07) is 17.7. The predicted octanol–water partition coefficient (Wildman–Crippen LogP) is 4.90. The summed E-state index contributed by atoms with van der Waals surface area (Å²) in [5, 5.41) is 0.0821. The summed E-state index contributed by atoms with van der Waals surface area (Å²) in [7, 11) is 1.65. The highest BCUT2D eigenvalue weighted by Crippen LogP contribution is 2.34. The second-order valence-electron chi connectivity index (χ2n) is 7.15. The summed E-state index contributed by atoms with van der Waals surface area (Å²) in [5.74, 6) is 1.45. The first-order chi connectivity index (χ1) is 14.0. The number of benzene rings is 2. The SMILES string of the molecule is COc1ccc(-c2nc3nc(C)ccn3c2-c2ccc([S+]([O-])C(C)C)cc2)cc1. The highest BCUT2D eigenvalue weighted by atomic mass is 32.2. The number of aryl methyl sites for hydroxylation is 1. The molecule has 5 nitrogen and oxygen atoms in total. The van der Waals surface area contributed by atoms with Gasteiger partial charge in [-0.15, -0.1) is 0 Å². The Balaban J connectivity index is 1.87. The van der Waals surface area contributed by atoms with Gasteiger partial charge < -0.3 is 9.29 Å².